The third-order valence-corrected chi connectivity index (χ3v) is 8.23. The summed E-state index contributed by atoms with van der Waals surface area (Å²) in [5.74, 6) is 0.635. The number of ether oxygens (including phenoxy) is 1. The van der Waals surface area contributed by atoms with E-state index >= 15 is 0 Å². The molecule has 6 heteroatoms. The highest BCUT2D eigenvalue weighted by Gasteiger charge is 2.59. The summed E-state index contributed by atoms with van der Waals surface area (Å²) in [5, 5.41) is 0. The van der Waals surface area contributed by atoms with Crippen molar-refractivity contribution >= 4 is 12.0 Å². The lowest BCUT2D eigenvalue weighted by Gasteiger charge is -2.42. The van der Waals surface area contributed by atoms with Crippen LogP contribution >= 0.6 is 0 Å². The Bertz CT molecular complexity index is 825. The highest BCUT2D eigenvalue weighted by molar-refractivity contribution is 5.83. The zero-order valence-electron chi connectivity index (χ0n) is 18.7. The van der Waals surface area contributed by atoms with E-state index in [1.165, 1.54) is 11.1 Å². The Morgan fingerprint density at radius 1 is 1.00 bits per heavy atom. The fraction of sp³-hybridized carbons (Fsp3) is 0.680. The van der Waals surface area contributed by atoms with Crippen LogP contribution < -0.4 is 0 Å². The summed E-state index contributed by atoms with van der Waals surface area (Å²) >= 11 is 0. The van der Waals surface area contributed by atoms with Gasteiger partial charge in [0.25, 0.3) is 0 Å². The molecule has 0 radical (unpaired) electrons. The van der Waals surface area contributed by atoms with Gasteiger partial charge in [0.05, 0.1) is 6.61 Å². The SMILES string of the molecule is CCOC(=O)N1CCC(N2CCC3(CC2)CC3C(=O)N2CCc3ccccc3C2)CC1. The zero-order valence-corrected chi connectivity index (χ0v) is 18.7. The maximum atomic E-state index is 13.2. The average Bonchev–Trinajstić information content (AvgIpc) is 3.52. The van der Waals surface area contributed by atoms with Gasteiger partial charge in [-0.3, -0.25) is 4.79 Å². The molecule has 4 aliphatic rings. The van der Waals surface area contributed by atoms with Crippen molar-refractivity contribution in [3.63, 3.8) is 0 Å². The summed E-state index contributed by atoms with van der Waals surface area (Å²) in [5.41, 5.74) is 2.98. The third-order valence-electron chi connectivity index (χ3n) is 8.23. The Morgan fingerprint density at radius 3 is 2.42 bits per heavy atom. The van der Waals surface area contributed by atoms with Gasteiger partial charge in [0, 0.05) is 38.1 Å². The molecule has 31 heavy (non-hydrogen) atoms. The van der Waals surface area contributed by atoms with Gasteiger partial charge in [-0.1, -0.05) is 24.3 Å². The van der Waals surface area contributed by atoms with Crippen LogP contribution in [0.15, 0.2) is 24.3 Å². The van der Waals surface area contributed by atoms with Gasteiger partial charge < -0.3 is 19.4 Å². The molecule has 1 aliphatic carbocycles. The minimum absolute atomic E-state index is 0.168. The maximum Gasteiger partial charge on any atom is 0.409 e. The van der Waals surface area contributed by atoms with E-state index in [1.54, 1.807) is 0 Å². The molecule has 0 bridgehead atoms. The first kappa shape index (κ1) is 20.8. The summed E-state index contributed by atoms with van der Waals surface area (Å²) in [4.78, 5) is 31.7. The molecule has 1 aromatic carbocycles. The Labute approximate surface area is 185 Å². The summed E-state index contributed by atoms with van der Waals surface area (Å²) in [6, 6.07) is 9.11. The molecule has 3 fully saturated rings. The Morgan fingerprint density at radius 2 is 1.71 bits per heavy atom. The van der Waals surface area contributed by atoms with Gasteiger partial charge in [-0.05, 0) is 75.1 Å². The molecule has 0 aromatic heterocycles. The molecule has 5 rings (SSSR count). The van der Waals surface area contributed by atoms with Gasteiger partial charge in [0.2, 0.25) is 5.91 Å². The lowest BCUT2D eigenvalue weighted by Crippen LogP contribution is -2.49. The second-order valence-corrected chi connectivity index (χ2v) is 9.85. The van der Waals surface area contributed by atoms with Crippen LogP contribution in [-0.2, 0) is 22.5 Å². The van der Waals surface area contributed by atoms with Gasteiger partial charge in [0.1, 0.15) is 0 Å². The van der Waals surface area contributed by atoms with E-state index in [0.717, 1.165) is 77.8 Å². The zero-order chi connectivity index (χ0) is 21.4. The summed E-state index contributed by atoms with van der Waals surface area (Å²) in [7, 11) is 0. The molecule has 3 aliphatic heterocycles. The number of rotatable bonds is 3. The summed E-state index contributed by atoms with van der Waals surface area (Å²) in [6.45, 7) is 7.73. The molecule has 2 amide bonds. The summed E-state index contributed by atoms with van der Waals surface area (Å²) in [6.07, 6.45) is 6.25. The van der Waals surface area contributed by atoms with Crippen LogP contribution in [0.5, 0.6) is 0 Å². The van der Waals surface area contributed by atoms with E-state index in [1.807, 2.05) is 11.8 Å². The molecule has 6 nitrogen and oxygen atoms in total. The molecule has 1 saturated carbocycles. The second kappa shape index (κ2) is 8.45. The van der Waals surface area contributed by atoms with Crippen molar-refractivity contribution in [2.75, 3.05) is 39.3 Å². The van der Waals surface area contributed by atoms with E-state index in [2.05, 4.69) is 34.1 Å². The fourth-order valence-corrected chi connectivity index (χ4v) is 6.12. The van der Waals surface area contributed by atoms with E-state index < -0.39 is 0 Å². The van der Waals surface area contributed by atoms with Crippen molar-refractivity contribution in [2.45, 2.75) is 58.0 Å². The van der Waals surface area contributed by atoms with Gasteiger partial charge in [-0.2, -0.15) is 0 Å². The Kier molecular flexibility index (Phi) is 5.67. The van der Waals surface area contributed by atoms with E-state index in [9.17, 15) is 9.59 Å². The first-order valence-electron chi connectivity index (χ1n) is 12.1. The average molecular weight is 426 g/mol. The number of hydrogen-bond acceptors (Lipinski definition) is 4. The quantitative estimate of drug-likeness (QED) is 0.746. The number of carbonyl (C=O) groups is 2. The molecule has 1 spiro atoms. The Hall–Kier alpha value is -2.08. The first-order valence-corrected chi connectivity index (χ1v) is 12.1. The van der Waals surface area contributed by atoms with Crippen LogP contribution in [-0.4, -0.2) is 72.1 Å². The van der Waals surface area contributed by atoms with Crippen LogP contribution in [0.2, 0.25) is 0 Å². The van der Waals surface area contributed by atoms with Crippen molar-refractivity contribution < 1.29 is 14.3 Å². The normalized spacial score (nSPS) is 25.9. The fourth-order valence-electron chi connectivity index (χ4n) is 6.12. The van der Waals surface area contributed by atoms with Crippen molar-refractivity contribution in [3.05, 3.63) is 35.4 Å². The number of piperidine rings is 2. The number of nitrogens with zero attached hydrogens (tertiary/aromatic N) is 3. The van der Waals surface area contributed by atoms with Gasteiger partial charge in [0.15, 0.2) is 0 Å². The topological polar surface area (TPSA) is 53.1 Å². The third kappa shape index (κ3) is 4.07. The number of likely N-dealkylation sites (tertiary alicyclic amines) is 2. The molecule has 168 valence electrons. The smallest absolute Gasteiger partial charge is 0.409 e. The highest BCUT2D eigenvalue weighted by Crippen LogP contribution is 2.60. The minimum Gasteiger partial charge on any atom is -0.450 e. The molecule has 1 unspecified atom stereocenters. The molecule has 0 N–H and O–H groups in total. The standard InChI is InChI=1S/C25H35N3O3/c1-2-31-24(30)27-13-8-21(9-14-27)26-15-10-25(11-16-26)17-22(25)23(29)28-12-7-19-5-3-4-6-20(19)18-28/h3-6,21-22H,2,7-18H2,1H3. The van der Waals surface area contributed by atoms with Crippen LogP contribution in [0.1, 0.15) is 50.2 Å². The molecule has 3 heterocycles. The number of hydrogen-bond donors (Lipinski definition) is 0. The number of amides is 2. The predicted molar refractivity (Wildman–Crippen MR) is 119 cm³/mol. The second-order valence-electron chi connectivity index (χ2n) is 9.85. The first-order chi connectivity index (χ1) is 15.1. The van der Waals surface area contributed by atoms with Crippen LogP contribution in [0, 0.1) is 11.3 Å². The predicted octanol–water partition coefficient (Wildman–Crippen LogP) is 3.29. The van der Waals surface area contributed by atoms with Crippen molar-refractivity contribution in [1.82, 2.24) is 14.7 Å². The Balaban J connectivity index is 1.10. The van der Waals surface area contributed by atoms with E-state index in [0.29, 0.717) is 18.6 Å². The van der Waals surface area contributed by atoms with Gasteiger partial charge >= 0.3 is 6.09 Å². The number of carbonyl (C=O) groups excluding carboxylic acids is 2. The van der Waals surface area contributed by atoms with Crippen LogP contribution in [0.4, 0.5) is 4.79 Å². The molecular weight excluding hydrogens is 390 g/mol. The number of benzene rings is 1. The molecule has 2 saturated heterocycles. The van der Waals surface area contributed by atoms with Crippen molar-refractivity contribution in [3.8, 4) is 0 Å². The minimum atomic E-state index is -0.168. The summed E-state index contributed by atoms with van der Waals surface area (Å²) < 4.78 is 5.14. The lowest BCUT2D eigenvalue weighted by molar-refractivity contribution is -0.134. The van der Waals surface area contributed by atoms with Gasteiger partial charge in [-0.25, -0.2) is 4.79 Å². The molecular formula is C25H35N3O3. The monoisotopic (exact) mass is 425 g/mol. The molecule has 1 aromatic rings. The molecule has 1 atom stereocenters. The van der Waals surface area contributed by atoms with Crippen LogP contribution in [0.3, 0.4) is 0 Å². The lowest BCUT2D eigenvalue weighted by atomic mass is 9.88. The largest absolute Gasteiger partial charge is 0.450 e. The van der Waals surface area contributed by atoms with Gasteiger partial charge in [-0.15, -0.1) is 0 Å². The van der Waals surface area contributed by atoms with Crippen molar-refractivity contribution in [2.24, 2.45) is 11.3 Å². The van der Waals surface area contributed by atoms with Crippen LogP contribution in [0.25, 0.3) is 0 Å². The highest BCUT2D eigenvalue weighted by atomic mass is 16.6. The van der Waals surface area contributed by atoms with E-state index in [-0.39, 0.29) is 17.4 Å². The van der Waals surface area contributed by atoms with Crippen molar-refractivity contribution in [1.29, 1.82) is 0 Å². The maximum absolute atomic E-state index is 13.2. The number of fused-ring (bicyclic) bond motifs is 1. The van der Waals surface area contributed by atoms with E-state index in [4.69, 9.17) is 4.74 Å².